The van der Waals surface area contributed by atoms with Crippen molar-refractivity contribution in [2.45, 2.75) is 6.42 Å². The maximum Gasteiger partial charge on any atom is 0.307 e. The fourth-order valence-electron chi connectivity index (χ4n) is 1.51. The standard InChI is InChI=1S/C12H8F2O3/c13-11-7(6-10(15)16)3-4-8(12(11)14)9-2-1-5-17-9/h1-5H,6H2,(H,15,16). The van der Waals surface area contributed by atoms with Gasteiger partial charge in [0.2, 0.25) is 0 Å². The average molecular weight is 238 g/mol. The van der Waals surface area contributed by atoms with Crippen LogP contribution < -0.4 is 0 Å². The zero-order valence-corrected chi connectivity index (χ0v) is 8.61. The highest BCUT2D eigenvalue weighted by Crippen LogP contribution is 2.26. The van der Waals surface area contributed by atoms with Crippen molar-refractivity contribution in [3.63, 3.8) is 0 Å². The van der Waals surface area contributed by atoms with Crippen LogP contribution in [0, 0.1) is 11.6 Å². The summed E-state index contributed by atoms with van der Waals surface area (Å²) < 4.78 is 32.1. The molecule has 88 valence electrons. The molecule has 1 heterocycles. The van der Waals surface area contributed by atoms with Crippen LogP contribution in [0.4, 0.5) is 8.78 Å². The van der Waals surface area contributed by atoms with Crippen LogP contribution in [-0.2, 0) is 11.2 Å². The Bertz CT molecular complexity index is 547. The predicted octanol–water partition coefficient (Wildman–Crippen LogP) is 2.85. The molecule has 2 aromatic rings. The van der Waals surface area contributed by atoms with Gasteiger partial charge >= 0.3 is 5.97 Å². The zero-order chi connectivity index (χ0) is 12.4. The molecule has 0 spiro atoms. The van der Waals surface area contributed by atoms with Gasteiger partial charge in [-0.2, -0.15) is 0 Å². The Morgan fingerprint density at radius 2 is 2.00 bits per heavy atom. The SMILES string of the molecule is O=C(O)Cc1ccc(-c2ccco2)c(F)c1F. The lowest BCUT2D eigenvalue weighted by Gasteiger charge is -2.05. The van der Waals surface area contributed by atoms with Gasteiger partial charge in [0, 0.05) is 5.56 Å². The van der Waals surface area contributed by atoms with Gasteiger partial charge < -0.3 is 9.52 Å². The molecule has 0 fully saturated rings. The number of carboxylic acids is 1. The van der Waals surface area contributed by atoms with Crippen LogP contribution >= 0.6 is 0 Å². The summed E-state index contributed by atoms with van der Waals surface area (Å²) in [7, 11) is 0. The van der Waals surface area contributed by atoms with Gasteiger partial charge in [-0.25, -0.2) is 8.78 Å². The first kappa shape index (κ1) is 11.3. The van der Waals surface area contributed by atoms with E-state index in [1.807, 2.05) is 0 Å². The van der Waals surface area contributed by atoms with Gasteiger partial charge in [-0.3, -0.25) is 4.79 Å². The van der Waals surface area contributed by atoms with Crippen LogP contribution in [-0.4, -0.2) is 11.1 Å². The summed E-state index contributed by atoms with van der Waals surface area (Å²) in [6, 6.07) is 5.59. The van der Waals surface area contributed by atoms with Crippen LogP contribution in [0.1, 0.15) is 5.56 Å². The van der Waals surface area contributed by atoms with Gasteiger partial charge in [-0.15, -0.1) is 0 Å². The molecule has 0 aliphatic heterocycles. The van der Waals surface area contributed by atoms with Crippen molar-refractivity contribution in [1.29, 1.82) is 0 Å². The summed E-state index contributed by atoms with van der Waals surface area (Å²) in [5.74, 6) is -3.27. The van der Waals surface area contributed by atoms with E-state index in [9.17, 15) is 13.6 Å². The fraction of sp³-hybridized carbons (Fsp3) is 0.0833. The normalized spacial score (nSPS) is 10.5. The minimum absolute atomic E-state index is 0.0263. The Hall–Kier alpha value is -2.17. The monoisotopic (exact) mass is 238 g/mol. The van der Waals surface area contributed by atoms with Crippen molar-refractivity contribution >= 4 is 5.97 Å². The number of benzene rings is 1. The number of carbonyl (C=O) groups is 1. The van der Waals surface area contributed by atoms with Crippen molar-refractivity contribution in [1.82, 2.24) is 0 Å². The minimum atomic E-state index is -1.21. The molecule has 5 heteroatoms. The number of furan rings is 1. The Morgan fingerprint density at radius 3 is 2.59 bits per heavy atom. The number of hydrogen-bond donors (Lipinski definition) is 1. The zero-order valence-electron chi connectivity index (χ0n) is 8.61. The van der Waals surface area contributed by atoms with E-state index in [1.165, 1.54) is 24.5 Å². The Morgan fingerprint density at radius 1 is 1.24 bits per heavy atom. The van der Waals surface area contributed by atoms with E-state index in [0.717, 1.165) is 0 Å². The third kappa shape index (κ3) is 2.18. The lowest BCUT2D eigenvalue weighted by atomic mass is 10.1. The number of halogens is 2. The molecule has 3 nitrogen and oxygen atoms in total. The highest BCUT2D eigenvalue weighted by molar-refractivity contribution is 5.71. The van der Waals surface area contributed by atoms with Gasteiger partial charge in [0.1, 0.15) is 5.76 Å². The second-order valence-corrected chi connectivity index (χ2v) is 3.45. The highest BCUT2D eigenvalue weighted by atomic mass is 19.2. The predicted molar refractivity (Wildman–Crippen MR) is 55.4 cm³/mol. The molecule has 0 aliphatic carbocycles. The van der Waals surface area contributed by atoms with Gasteiger partial charge in [-0.1, -0.05) is 6.07 Å². The lowest BCUT2D eigenvalue weighted by molar-refractivity contribution is -0.136. The van der Waals surface area contributed by atoms with E-state index >= 15 is 0 Å². The molecule has 0 unspecified atom stereocenters. The molecular formula is C12H8F2O3. The first-order chi connectivity index (χ1) is 8.09. The summed E-state index contributed by atoms with van der Waals surface area (Å²) in [6.07, 6.45) is 0.791. The largest absolute Gasteiger partial charge is 0.481 e. The van der Waals surface area contributed by atoms with Crippen LogP contribution in [0.15, 0.2) is 34.9 Å². The van der Waals surface area contributed by atoms with E-state index in [-0.39, 0.29) is 16.9 Å². The van der Waals surface area contributed by atoms with Crippen molar-refractivity contribution in [2.24, 2.45) is 0 Å². The van der Waals surface area contributed by atoms with Crippen LogP contribution in [0.25, 0.3) is 11.3 Å². The Balaban J connectivity index is 2.46. The van der Waals surface area contributed by atoms with E-state index in [0.29, 0.717) is 0 Å². The van der Waals surface area contributed by atoms with Gasteiger partial charge in [0.25, 0.3) is 0 Å². The van der Waals surface area contributed by atoms with Crippen molar-refractivity contribution in [3.05, 3.63) is 47.7 Å². The minimum Gasteiger partial charge on any atom is -0.481 e. The van der Waals surface area contributed by atoms with E-state index < -0.39 is 24.0 Å². The van der Waals surface area contributed by atoms with Gasteiger partial charge in [-0.05, 0) is 18.2 Å². The van der Waals surface area contributed by atoms with Crippen molar-refractivity contribution in [3.8, 4) is 11.3 Å². The van der Waals surface area contributed by atoms with Gasteiger partial charge in [0.15, 0.2) is 11.6 Å². The summed E-state index contributed by atoms with van der Waals surface area (Å²) in [5.41, 5.74) is -0.216. The van der Waals surface area contributed by atoms with Crippen LogP contribution in [0.3, 0.4) is 0 Å². The van der Waals surface area contributed by atoms with E-state index in [1.54, 1.807) is 6.07 Å². The average Bonchev–Trinajstić information content (AvgIpc) is 2.78. The van der Waals surface area contributed by atoms with E-state index in [4.69, 9.17) is 9.52 Å². The molecule has 1 N–H and O–H groups in total. The van der Waals surface area contributed by atoms with Crippen molar-refractivity contribution in [2.75, 3.05) is 0 Å². The molecule has 0 amide bonds. The first-order valence-electron chi connectivity index (χ1n) is 4.82. The molecule has 1 aromatic carbocycles. The molecule has 2 rings (SSSR count). The maximum atomic E-state index is 13.6. The Kier molecular flexibility index (Phi) is 2.91. The molecule has 0 bridgehead atoms. The smallest absolute Gasteiger partial charge is 0.307 e. The van der Waals surface area contributed by atoms with Crippen LogP contribution in [0.2, 0.25) is 0 Å². The lowest BCUT2D eigenvalue weighted by Crippen LogP contribution is -2.04. The van der Waals surface area contributed by atoms with Gasteiger partial charge in [0.05, 0.1) is 18.2 Å². The fourth-order valence-corrected chi connectivity index (χ4v) is 1.51. The topological polar surface area (TPSA) is 50.4 Å². The quantitative estimate of drug-likeness (QED) is 0.894. The second kappa shape index (κ2) is 4.37. The highest BCUT2D eigenvalue weighted by Gasteiger charge is 2.17. The molecule has 0 radical (unpaired) electrons. The molecule has 0 atom stereocenters. The summed E-state index contributed by atoms with van der Waals surface area (Å²) in [5, 5.41) is 8.53. The summed E-state index contributed by atoms with van der Waals surface area (Å²) in [6.45, 7) is 0. The molecule has 17 heavy (non-hydrogen) atoms. The number of hydrogen-bond acceptors (Lipinski definition) is 2. The van der Waals surface area contributed by atoms with Crippen molar-refractivity contribution < 1.29 is 23.1 Å². The number of rotatable bonds is 3. The molecule has 0 saturated heterocycles. The first-order valence-corrected chi connectivity index (χ1v) is 4.82. The number of carboxylic acid groups (broad SMARTS) is 1. The van der Waals surface area contributed by atoms with E-state index in [2.05, 4.69) is 0 Å². The molecular weight excluding hydrogens is 230 g/mol. The second-order valence-electron chi connectivity index (χ2n) is 3.45. The van der Waals surface area contributed by atoms with Crippen LogP contribution in [0.5, 0.6) is 0 Å². The third-order valence-electron chi connectivity index (χ3n) is 2.29. The molecule has 0 saturated carbocycles. The Labute approximate surface area is 95.3 Å². The molecule has 0 aliphatic rings. The molecule has 1 aromatic heterocycles. The maximum absolute atomic E-state index is 13.6. The summed E-state index contributed by atoms with van der Waals surface area (Å²) in [4.78, 5) is 10.4. The summed E-state index contributed by atoms with van der Waals surface area (Å²) >= 11 is 0. The third-order valence-corrected chi connectivity index (χ3v) is 2.29. The number of aliphatic carboxylic acids is 1.